The second-order valence-electron chi connectivity index (χ2n) is 4.65. The molecule has 0 amide bonds. The quantitative estimate of drug-likeness (QED) is 0.693. The van der Waals surface area contributed by atoms with Gasteiger partial charge in [0.2, 0.25) is 0 Å². The average Bonchev–Trinajstić information content (AvgIpc) is 2.89. The fraction of sp³-hybridized carbons (Fsp3) is 0.188. The van der Waals surface area contributed by atoms with Crippen LogP contribution in [0.5, 0.6) is 0 Å². The van der Waals surface area contributed by atoms with E-state index in [1.807, 2.05) is 30.3 Å². The molecule has 0 atom stereocenters. The standard InChI is InChI=1S/C16H15N3O2/c1-3-21-16(20)12-9-14(11-7-5-4-6-8-11)18-15-13(12)10-17-19(15)2/h4-10H,3H2,1-2H3. The van der Waals surface area contributed by atoms with E-state index in [1.165, 1.54) is 0 Å². The summed E-state index contributed by atoms with van der Waals surface area (Å²) in [6.07, 6.45) is 1.64. The Labute approximate surface area is 122 Å². The number of aryl methyl sites for hydroxylation is 1. The van der Waals surface area contributed by atoms with Gasteiger partial charge in [0.25, 0.3) is 0 Å². The first kappa shape index (κ1) is 13.3. The number of carbonyl (C=O) groups excluding carboxylic acids is 1. The summed E-state index contributed by atoms with van der Waals surface area (Å²) in [6.45, 7) is 2.13. The zero-order chi connectivity index (χ0) is 14.8. The van der Waals surface area contributed by atoms with Gasteiger partial charge in [-0.2, -0.15) is 5.10 Å². The predicted octanol–water partition coefficient (Wildman–Crippen LogP) is 2.81. The highest BCUT2D eigenvalue weighted by Crippen LogP contribution is 2.24. The lowest BCUT2D eigenvalue weighted by atomic mass is 10.1. The van der Waals surface area contributed by atoms with Crippen LogP contribution in [0.15, 0.2) is 42.6 Å². The zero-order valence-electron chi connectivity index (χ0n) is 11.9. The van der Waals surface area contributed by atoms with Crippen molar-refractivity contribution in [2.24, 2.45) is 7.05 Å². The molecular weight excluding hydrogens is 266 g/mol. The number of fused-ring (bicyclic) bond motifs is 1. The Morgan fingerprint density at radius 1 is 1.29 bits per heavy atom. The summed E-state index contributed by atoms with van der Waals surface area (Å²) in [5.41, 5.74) is 2.84. The van der Waals surface area contributed by atoms with E-state index in [1.54, 1.807) is 30.9 Å². The number of benzene rings is 1. The van der Waals surface area contributed by atoms with Crippen LogP contribution < -0.4 is 0 Å². The normalized spacial score (nSPS) is 10.8. The van der Waals surface area contributed by atoms with Crippen molar-refractivity contribution >= 4 is 17.0 Å². The zero-order valence-corrected chi connectivity index (χ0v) is 11.9. The molecule has 0 radical (unpaired) electrons. The van der Waals surface area contributed by atoms with Gasteiger partial charge in [-0.05, 0) is 13.0 Å². The maximum atomic E-state index is 12.2. The lowest BCUT2D eigenvalue weighted by Crippen LogP contribution is -2.06. The molecule has 0 saturated heterocycles. The van der Waals surface area contributed by atoms with Crippen molar-refractivity contribution < 1.29 is 9.53 Å². The molecule has 0 saturated carbocycles. The van der Waals surface area contributed by atoms with Crippen LogP contribution in [-0.2, 0) is 11.8 Å². The summed E-state index contributed by atoms with van der Waals surface area (Å²) < 4.78 is 6.79. The van der Waals surface area contributed by atoms with Crippen LogP contribution in [0.1, 0.15) is 17.3 Å². The maximum Gasteiger partial charge on any atom is 0.339 e. The number of rotatable bonds is 3. The number of ether oxygens (including phenoxy) is 1. The Bertz CT molecular complexity index is 794. The van der Waals surface area contributed by atoms with Crippen LogP contribution in [0, 0.1) is 0 Å². The van der Waals surface area contributed by atoms with Gasteiger partial charge in [0.15, 0.2) is 5.65 Å². The molecule has 0 aliphatic carbocycles. The van der Waals surface area contributed by atoms with E-state index in [4.69, 9.17) is 4.74 Å². The van der Waals surface area contributed by atoms with E-state index in [9.17, 15) is 4.79 Å². The predicted molar refractivity (Wildman–Crippen MR) is 79.9 cm³/mol. The Morgan fingerprint density at radius 2 is 2.05 bits per heavy atom. The third-order valence-corrected chi connectivity index (χ3v) is 3.27. The van der Waals surface area contributed by atoms with Crippen molar-refractivity contribution in [3.63, 3.8) is 0 Å². The molecule has 5 nitrogen and oxygen atoms in total. The van der Waals surface area contributed by atoms with E-state index >= 15 is 0 Å². The minimum absolute atomic E-state index is 0.337. The highest BCUT2D eigenvalue weighted by molar-refractivity contribution is 6.03. The number of hydrogen-bond donors (Lipinski definition) is 0. The molecule has 3 rings (SSSR count). The summed E-state index contributed by atoms with van der Waals surface area (Å²) in [7, 11) is 1.80. The van der Waals surface area contributed by atoms with Crippen LogP contribution in [-0.4, -0.2) is 27.3 Å². The van der Waals surface area contributed by atoms with Crippen LogP contribution in [0.2, 0.25) is 0 Å². The molecular formula is C16H15N3O2. The molecule has 106 valence electrons. The van der Waals surface area contributed by atoms with Gasteiger partial charge in [0.1, 0.15) is 0 Å². The number of esters is 1. The Kier molecular flexibility index (Phi) is 3.39. The summed E-state index contributed by atoms with van der Waals surface area (Å²) in [5.74, 6) is -0.352. The van der Waals surface area contributed by atoms with Gasteiger partial charge < -0.3 is 4.74 Å². The Morgan fingerprint density at radius 3 is 2.76 bits per heavy atom. The first-order valence-electron chi connectivity index (χ1n) is 6.76. The number of nitrogens with zero attached hydrogens (tertiary/aromatic N) is 3. The third kappa shape index (κ3) is 2.38. The molecule has 5 heteroatoms. The van der Waals surface area contributed by atoms with E-state index in [0.717, 1.165) is 11.3 Å². The van der Waals surface area contributed by atoms with Crippen molar-refractivity contribution in [2.75, 3.05) is 6.61 Å². The van der Waals surface area contributed by atoms with Crippen LogP contribution in [0.4, 0.5) is 0 Å². The number of hydrogen-bond acceptors (Lipinski definition) is 4. The summed E-state index contributed by atoms with van der Waals surface area (Å²) in [6, 6.07) is 11.5. The average molecular weight is 281 g/mol. The molecule has 0 spiro atoms. The van der Waals surface area contributed by atoms with Gasteiger partial charge in [-0.15, -0.1) is 0 Å². The van der Waals surface area contributed by atoms with Crippen molar-refractivity contribution in [2.45, 2.75) is 6.92 Å². The molecule has 3 aromatic rings. The fourth-order valence-corrected chi connectivity index (χ4v) is 2.25. The second kappa shape index (κ2) is 5.36. The third-order valence-electron chi connectivity index (χ3n) is 3.27. The van der Waals surface area contributed by atoms with Gasteiger partial charge >= 0.3 is 5.97 Å². The molecule has 0 fully saturated rings. The van der Waals surface area contributed by atoms with Crippen molar-refractivity contribution in [3.8, 4) is 11.3 Å². The van der Waals surface area contributed by atoms with E-state index < -0.39 is 0 Å². The molecule has 0 bridgehead atoms. The minimum atomic E-state index is -0.352. The molecule has 1 aromatic carbocycles. The minimum Gasteiger partial charge on any atom is -0.462 e. The summed E-state index contributed by atoms with van der Waals surface area (Å²) >= 11 is 0. The van der Waals surface area contributed by atoms with Gasteiger partial charge in [0, 0.05) is 12.6 Å². The van der Waals surface area contributed by atoms with E-state index in [0.29, 0.717) is 23.2 Å². The number of aromatic nitrogens is 3. The van der Waals surface area contributed by atoms with Gasteiger partial charge in [0.05, 0.1) is 29.4 Å². The second-order valence-corrected chi connectivity index (χ2v) is 4.65. The van der Waals surface area contributed by atoms with Crippen molar-refractivity contribution in [3.05, 3.63) is 48.2 Å². The monoisotopic (exact) mass is 281 g/mol. The molecule has 2 aromatic heterocycles. The Balaban J connectivity index is 2.23. The van der Waals surface area contributed by atoms with Crippen LogP contribution in [0.3, 0.4) is 0 Å². The molecule has 21 heavy (non-hydrogen) atoms. The molecule has 0 N–H and O–H groups in total. The maximum absolute atomic E-state index is 12.2. The topological polar surface area (TPSA) is 57.0 Å². The smallest absolute Gasteiger partial charge is 0.339 e. The first-order chi connectivity index (χ1) is 10.2. The summed E-state index contributed by atoms with van der Waals surface area (Å²) in [5, 5.41) is 4.88. The van der Waals surface area contributed by atoms with Crippen molar-refractivity contribution in [1.29, 1.82) is 0 Å². The van der Waals surface area contributed by atoms with Crippen LogP contribution in [0.25, 0.3) is 22.3 Å². The highest BCUT2D eigenvalue weighted by atomic mass is 16.5. The number of pyridine rings is 1. The fourth-order valence-electron chi connectivity index (χ4n) is 2.25. The molecule has 0 aliphatic rings. The molecule has 2 heterocycles. The lowest BCUT2D eigenvalue weighted by molar-refractivity contribution is 0.0528. The SMILES string of the molecule is CCOC(=O)c1cc(-c2ccccc2)nc2c1cnn2C. The van der Waals surface area contributed by atoms with Gasteiger partial charge in [-0.3, -0.25) is 4.68 Å². The van der Waals surface area contributed by atoms with Crippen molar-refractivity contribution in [1.82, 2.24) is 14.8 Å². The van der Waals surface area contributed by atoms with Crippen LogP contribution >= 0.6 is 0 Å². The van der Waals surface area contributed by atoms with E-state index in [-0.39, 0.29) is 5.97 Å². The lowest BCUT2D eigenvalue weighted by Gasteiger charge is -2.07. The Hall–Kier alpha value is -2.69. The largest absolute Gasteiger partial charge is 0.462 e. The number of carbonyl (C=O) groups is 1. The molecule has 0 unspecified atom stereocenters. The van der Waals surface area contributed by atoms with Gasteiger partial charge in [-0.25, -0.2) is 9.78 Å². The van der Waals surface area contributed by atoms with Gasteiger partial charge in [-0.1, -0.05) is 30.3 Å². The van der Waals surface area contributed by atoms with E-state index in [2.05, 4.69) is 10.1 Å². The highest BCUT2D eigenvalue weighted by Gasteiger charge is 2.17. The summed E-state index contributed by atoms with van der Waals surface area (Å²) in [4.78, 5) is 16.8. The first-order valence-corrected chi connectivity index (χ1v) is 6.76. The molecule has 0 aliphatic heterocycles.